The molecule has 0 heterocycles. The lowest BCUT2D eigenvalue weighted by molar-refractivity contribution is 0.169. The molecule has 0 aliphatic heterocycles. The number of nitrogens with one attached hydrogen (secondary N) is 1. The second-order valence-electron chi connectivity index (χ2n) is 7.36. The van der Waals surface area contributed by atoms with Gasteiger partial charge in [0.1, 0.15) is 0 Å². The maximum atomic E-state index is 3.74. The highest BCUT2D eigenvalue weighted by atomic mass is 14.9. The largest absolute Gasteiger partial charge is 0.314 e. The minimum absolute atomic E-state index is 0.714. The van der Waals surface area contributed by atoms with E-state index in [1.54, 1.807) is 0 Å². The third kappa shape index (κ3) is 4.32. The van der Waals surface area contributed by atoms with Crippen LogP contribution in [0.25, 0.3) is 0 Å². The van der Waals surface area contributed by atoms with Gasteiger partial charge in [-0.15, -0.1) is 0 Å². The Balaban J connectivity index is 2.09. The molecule has 1 aromatic rings. The third-order valence-electron chi connectivity index (χ3n) is 5.50. The van der Waals surface area contributed by atoms with Crippen LogP contribution < -0.4 is 5.32 Å². The standard InChI is InChI=1S/C20H33N/c1-6-21-20-10-9-18(14(2)3)13-19(20)12-17-8-7-15(4)16(5)11-17/h7-8,11,14,18-21H,6,9-10,12-13H2,1-5H3. The molecule has 0 radical (unpaired) electrons. The molecule has 1 heteroatoms. The zero-order valence-corrected chi connectivity index (χ0v) is 14.6. The summed E-state index contributed by atoms with van der Waals surface area (Å²) in [5, 5.41) is 3.74. The molecule has 1 nitrogen and oxygen atoms in total. The summed E-state index contributed by atoms with van der Waals surface area (Å²) in [5.41, 5.74) is 4.37. The van der Waals surface area contributed by atoms with Crippen molar-refractivity contribution in [1.29, 1.82) is 0 Å². The van der Waals surface area contributed by atoms with Crippen molar-refractivity contribution in [2.75, 3.05) is 6.54 Å². The van der Waals surface area contributed by atoms with Crippen LogP contribution in [0.1, 0.15) is 56.7 Å². The van der Waals surface area contributed by atoms with E-state index in [1.807, 2.05) is 0 Å². The first-order valence-electron chi connectivity index (χ1n) is 8.80. The number of rotatable bonds is 5. The van der Waals surface area contributed by atoms with Crippen LogP contribution in [0.4, 0.5) is 0 Å². The molecule has 1 aromatic carbocycles. The van der Waals surface area contributed by atoms with Crippen molar-refractivity contribution in [2.45, 2.75) is 66.3 Å². The van der Waals surface area contributed by atoms with E-state index >= 15 is 0 Å². The monoisotopic (exact) mass is 287 g/mol. The van der Waals surface area contributed by atoms with E-state index in [2.05, 4.69) is 58.1 Å². The maximum absolute atomic E-state index is 3.74. The zero-order chi connectivity index (χ0) is 15.4. The molecule has 1 N–H and O–H groups in total. The number of aryl methyl sites for hydroxylation is 2. The van der Waals surface area contributed by atoms with Crippen LogP contribution in [-0.4, -0.2) is 12.6 Å². The van der Waals surface area contributed by atoms with Crippen molar-refractivity contribution in [1.82, 2.24) is 5.32 Å². The quantitative estimate of drug-likeness (QED) is 0.812. The minimum Gasteiger partial charge on any atom is -0.314 e. The molecule has 0 spiro atoms. The van der Waals surface area contributed by atoms with Crippen molar-refractivity contribution in [3.8, 4) is 0 Å². The summed E-state index contributed by atoms with van der Waals surface area (Å²) in [6.45, 7) is 12.6. The molecule has 0 aromatic heterocycles. The molecule has 118 valence electrons. The summed E-state index contributed by atoms with van der Waals surface area (Å²) in [5.74, 6) is 2.54. The van der Waals surface area contributed by atoms with Gasteiger partial charge in [0.2, 0.25) is 0 Å². The van der Waals surface area contributed by atoms with Crippen LogP contribution in [0.2, 0.25) is 0 Å². The highest BCUT2D eigenvalue weighted by molar-refractivity contribution is 5.30. The molecule has 1 fully saturated rings. The predicted octanol–water partition coefficient (Wildman–Crippen LogP) is 4.90. The molecule has 3 unspecified atom stereocenters. The van der Waals surface area contributed by atoms with E-state index in [1.165, 1.54) is 42.4 Å². The fourth-order valence-corrected chi connectivity index (χ4v) is 3.90. The van der Waals surface area contributed by atoms with E-state index in [-0.39, 0.29) is 0 Å². The third-order valence-corrected chi connectivity index (χ3v) is 5.50. The average Bonchev–Trinajstić information content (AvgIpc) is 2.45. The van der Waals surface area contributed by atoms with Gasteiger partial charge in [-0.1, -0.05) is 39.0 Å². The highest BCUT2D eigenvalue weighted by Gasteiger charge is 2.31. The van der Waals surface area contributed by atoms with Gasteiger partial charge in [-0.05, 0) is 80.5 Å². The first kappa shape index (κ1) is 16.5. The van der Waals surface area contributed by atoms with Crippen molar-refractivity contribution in [3.05, 3.63) is 34.9 Å². The first-order chi connectivity index (χ1) is 10.0. The molecule has 1 aliphatic rings. The highest BCUT2D eigenvalue weighted by Crippen LogP contribution is 2.35. The Morgan fingerprint density at radius 2 is 1.90 bits per heavy atom. The van der Waals surface area contributed by atoms with E-state index in [9.17, 15) is 0 Å². The van der Waals surface area contributed by atoms with Crippen LogP contribution in [0.5, 0.6) is 0 Å². The molecule has 0 saturated heterocycles. The molecule has 0 bridgehead atoms. The molecular weight excluding hydrogens is 254 g/mol. The summed E-state index contributed by atoms with van der Waals surface area (Å²) in [4.78, 5) is 0. The van der Waals surface area contributed by atoms with Crippen LogP contribution in [-0.2, 0) is 6.42 Å². The number of hydrogen-bond donors (Lipinski definition) is 1. The predicted molar refractivity (Wildman–Crippen MR) is 92.8 cm³/mol. The Labute approximate surface area is 131 Å². The fraction of sp³-hybridized carbons (Fsp3) is 0.700. The topological polar surface area (TPSA) is 12.0 Å². The summed E-state index contributed by atoms with van der Waals surface area (Å²) in [6.07, 6.45) is 5.38. The van der Waals surface area contributed by atoms with Crippen LogP contribution in [0.3, 0.4) is 0 Å². The van der Waals surface area contributed by atoms with Crippen molar-refractivity contribution < 1.29 is 0 Å². The van der Waals surface area contributed by atoms with Crippen molar-refractivity contribution in [3.63, 3.8) is 0 Å². The van der Waals surface area contributed by atoms with Gasteiger partial charge >= 0.3 is 0 Å². The van der Waals surface area contributed by atoms with E-state index in [0.29, 0.717) is 6.04 Å². The first-order valence-corrected chi connectivity index (χ1v) is 8.80. The van der Waals surface area contributed by atoms with E-state index < -0.39 is 0 Å². The Morgan fingerprint density at radius 3 is 2.52 bits per heavy atom. The lowest BCUT2D eigenvalue weighted by atomic mass is 9.71. The van der Waals surface area contributed by atoms with Gasteiger partial charge < -0.3 is 5.32 Å². The Hall–Kier alpha value is -0.820. The normalized spacial score (nSPS) is 26.3. The number of benzene rings is 1. The number of hydrogen-bond acceptors (Lipinski definition) is 1. The van der Waals surface area contributed by atoms with Gasteiger partial charge in [0.05, 0.1) is 0 Å². The summed E-state index contributed by atoms with van der Waals surface area (Å²) < 4.78 is 0. The summed E-state index contributed by atoms with van der Waals surface area (Å²) >= 11 is 0. The van der Waals surface area contributed by atoms with Gasteiger partial charge in [0.25, 0.3) is 0 Å². The van der Waals surface area contributed by atoms with Crippen molar-refractivity contribution in [2.24, 2.45) is 17.8 Å². The Bertz CT molecular complexity index is 449. The molecule has 2 rings (SSSR count). The molecular formula is C20H33N. The van der Waals surface area contributed by atoms with Gasteiger partial charge in [-0.3, -0.25) is 0 Å². The second-order valence-corrected chi connectivity index (χ2v) is 7.36. The summed E-state index contributed by atoms with van der Waals surface area (Å²) in [6, 6.07) is 7.74. The van der Waals surface area contributed by atoms with Crippen LogP contribution in [0, 0.1) is 31.6 Å². The van der Waals surface area contributed by atoms with Crippen molar-refractivity contribution >= 4 is 0 Å². The zero-order valence-electron chi connectivity index (χ0n) is 14.6. The van der Waals surface area contributed by atoms with Crippen LogP contribution in [0.15, 0.2) is 18.2 Å². The van der Waals surface area contributed by atoms with Gasteiger partial charge in [0.15, 0.2) is 0 Å². The average molecular weight is 287 g/mol. The van der Waals surface area contributed by atoms with E-state index in [4.69, 9.17) is 0 Å². The fourth-order valence-electron chi connectivity index (χ4n) is 3.90. The second kappa shape index (κ2) is 7.45. The smallest absolute Gasteiger partial charge is 0.00985 e. The molecule has 1 aliphatic carbocycles. The lowest BCUT2D eigenvalue weighted by Crippen LogP contribution is -2.42. The lowest BCUT2D eigenvalue weighted by Gasteiger charge is -2.38. The Morgan fingerprint density at radius 1 is 1.14 bits per heavy atom. The maximum Gasteiger partial charge on any atom is 0.00985 e. The molecule has 21 heavy (non-hydrogen) atoms. The SMILES string of the molecule is CCNC1CCC(C(C)C)CC1Cc1ccc(C)c(C)c1. The van der Waals surface area contributed by atoms with Gasteiger partial charge in [0, 0.05) is 6.04 Å². The molecule has 3 atom stereocenters. The van der Waals surface area contributed by atoms with E-state index in [0.717, 1.165) is 24.3 Å². The molecule has 0 amide bonds. The minimum atomic E-state index is 0.714. The summed E-state index contributed by atoms with van der Waals surface area (Å²) in [7, 11) is 0. The van der Waals surface area contributed by atoms with Gasteiger partial charge in [-0.2, -0.15) is 0 Å². The Kier molecular flexibility index (Phi) is 5.87. The molecule has 1 saturated carbocycles. The van der Waals surface area contributed by atoms with Gasteiger partial charge in [-0.25, -0.2) is 0 Å². The van der Waals surface area contributed by atoms with Crippen LogP contribution >= 0.6 is 0 Å².